The quantitative estimate of drug-likeness (QED) is 0.877. The van der Waals surface area contributed by atoms with Gasteiger partial charge in [-0.05, 0) is 80.5 Å². The van der Waals surface area contributed by atoms with Gasteiger partial charge in [-0.1, -0.05) is 11.6 Å². The molecule has 2 amide bonds. The maximum Gasteiger partial charge on any atom is 0.229 e. The first-order valence-electron chi connectivity index (χ1n) is 9.88. The fourth-order valence-electron chi connectivity index (χ4n) is 6.40. The van der Waals surface area contributed by atoms with Crippen LogP contribution in [0, 0.1) is 23.2 Å². The van der Waals surface area contributed by atoms with Gasteiger partial charge in [-0.2, -0.15) is 0 Å². The summed E-state index contributed by atoms with van der Waals surface area (Å²) in [6.45, 7) is 0.554. The lowest BCUT2D eigenvalue weighted by Gasteiger charge is -2.55. The molecule has 1 atom stereocenters. The average molecular weight is 373 g/mol. The number of halogens is 1. The second-order valence-corrected chi connectivity index (χ2v) is 9.49. The molecule has 1 aromatic rings. The second kappa shape index (κ2) is 5.98. The van der Waals surface area contributed by atoms with Gasteiger partial charge in [-0.25, -0.2) is 0 Å². The molecule has 1 heterocycles. The van der Waals surface area contributed by atoms with Crippen LogP contribution in [0.25, 0.3) is 0 Å². The molecular weight excluding hydrogens is 348 g/mol. The van der Waals surface area contributed by atoms with Crippen molar-refractivity contribution in [1.82, 2.24) is 5.32 Å². The summed E-state index contributed by atoms with van der Waals surface area (Å²) in [6.07, 6.45) is 7.57. The molecule has 0 aromatic heterocycles. The molecule has 4 aliphatic carbocycles. The maximum absolute atomic E-state index is 13.2. The fraction of sp³-hybridized carbons (Fsp3) is 0.619. The lowest BCUT2D eigenvalue weighted by molar-refractivity contribution is -0.146. The number of rotatable bonds is 3. The number of anilines is 1. The lowest BCUT2D eigenvalue weighted by atomic mass is 9.49. The van der Waals surface area contributed by atoms with E-state index in [1.807, 2.05) is 12.1 Å². The van der Waals surface area contributed by atoms with Gasteiger partial charge >= 0.3 is 0 Å². The molecule has 0 radical (unpaired) electrons. The highest BCUT2D eigenvalue weighted by atomic mass is 35.5. The summed E-state index contributed by atoms with van der Waals surface area (Å²) in [5.74, 6) is 2.55. The van der Waals surface area contributed by atoms with Crippen molar-refractivity contribution in [3.8, 4) is 0 Å². The molecule has 1 aromatic carbocycles. The van der Waals surface area contributed by atoms with Crippen LogP contribution in [0.5, 0.6) is 0 Å². The number of hydrogen-bond acceptors (Lipinski definition) is 2. The van der Waals surface area contributed by atoms with E-state index in [9.17, 15) is 9.59 Å². The minimum absolute atomic E-state index is 0.0723. The zero-order chi connectivity index (χ0) is 17.9. The van der Waals surface area contributed by atoms with Crippen molar-refractivity contribution in [3.05, 3.63) is 29.3 Å². The predicted octanol–water partition coefficient (Wildman–Crippen LogP) is 3.78. The Morgan fingerprint density at radius 1 is 1.04 bits per heavy atom. The van der Waals surface area contributed by atoms with Crippen molar-refractivity contribution < 1.29 is 9.59 Å². The molecule has 5 heteroatoms. The molecule has 0 unspecified atom stereocenters. The Bertz CT molecular complexity index is 710. The molecule has 1 saturated heterocycles. The molecule has 1 N–H and O–H groups in total. The summed E-state index contributed by atoms with van der Waals surface area (Å²) in [4.78, 5) is 27.4. The van der Waals surface area contributed by atoms with E-state index in [0.717, 1.165) is 42.7 Å². The molecular formula is C21H25ClN2O2. The molecule has 4 saturated carbocycles. The molecule has 138 valence electrons. The number of benzene rings is 1. The Balaban J connectivity index is 1.28. The van der Waals surface area contributed by atoms with E-state index < -0.39 is 0 Å². The van der Waals surface area contributed by atoms with Crippen LogP contribution in [-0.2, 0) is 9.59 Å². The summed E-state index contributed by atoms with van der Waals surface area (Å²) in [6, 6.07) is 7.24. The summed E-state index contributed by atoms with van der Waals surface area (Å²) < 4.78 is 0. The average Bonchev–Trinajstić information content (AvgIpc) is 2.94. The normalized spacial score (nSPS) is 38.0. The topological polar surface area (TPSA) is 49.4 Å². The summed E-state index contributed by atoms with van der Waals surface area (Å²) in [5.41, 5.74) is 0.705. The van der Waals surface area contributed by atoms with Gasteiger partial charge in [-0.15, -0.1) is 0 Å². The molecule has 4 bridgehead atoms. The minimum Gasteiger partial charge on any atom is -0.351 e. The standard InChI is InChI=1S/C21H25ClN2O2/c22-16-1-3-18(4-2-16)24-12-17(8-19(24)25)23-20(26)21-9-13-5-14(10-21)7-15(6-13)11-21/h1-4,13-15,17H,5-12H2,(H,23,26)/t13?,14?,15?,17-,21?/m0/s1. The smallest absolute Gasteiger partial charge is 0.229 e. The fourth-order valence-corrected chi connectivity index (χ4v) is 6.53. The number of carbonyl (C=O) groups excluding carboxylic acids is 2. The second-order valence-electron chi connectivity index (χ2n) is 9.05. The van der Waals surface area contributed by atoms with Crippen LogP contribution in [0.15, 0.2) is 24.3 Å². The summed E-state index contributed by atoms with van der Waals surface area (Å²) in [5, 5.41) is 3.91. The van der Waals surface area contributed by atoms with Crippen molar-refractivity contribution in [2.24, 2.45) is 23.2 Å². The third kappa shape index (κ3) is 2.74. The van der Waals surface area contributed by atoms with E-state index in [4.69, 9.17) is 11.6 Å². The molecule has 4 nitrogen and oxygen atoms in total. The minimum atomic E-state index is -0.147. The van der Waals surface area contributed by atoms with Gasteiger partial charge in [0, 0.05) is 29.1 Å². The van der Waals surface area contributed by atoms with Gasteiger partial charge in [0.15, 0.2) is 0 Å². The molecule has 26 heavy (non-hydrogen) atoms. The largest absolute Gasteiger partial charge is 0.351 e. The molecule has 5 aliphatic rings. The third-order valence-electron chi connectivity index (χ3n) is 7.12. The van der Waals surface area contributed by atoms with Gasteiger partial charge in [0.1, 0.15) is 0 Å². The van der Waals surface area contributed by atoms with Gasteiger partial charge in [0.05, 0.1) is 6.04 Å². The number of carbonyl (C=O) groups is 2. The first kappa shape index (κ1) is 16.6. The number of hydrogen-bond donors (Lipinski definition) is 1. The van der Waals surface area contributed by atoms with E-state index in [2.05, 4.69) is 5.32 Å². The van der Waals surface area contributed by atoms with Crippen molar-refractivity contribution in [3.63, 3.8) is 0 Å². The van der Waals surface area contributed by atoms with Crippen LogP contribution in [-0.4, -0.2) is 24.4 Å². The Morgan fingerprint density at radius 2 is 1.62 bits per heavy atom. The van der Waals surface area contributed by atoms with Gasteiger partial charge in [0.2, 0.25) is 11.8 Å². The maximum atomic E-state index is 13.2. The van der Waals surface area contributed by atoms with Crippen LogP contribution in [0.4, 0.5) is 5.69 Å². The first-order chi connectivity index (χ1) is 12.5. The Kier molecular flexibility index (Phi) is 3.82. The SMILES string of the molecule is O=C1C[C@H](NC(=O)C23CC4CC(CC(C4)C2)C3)CN1c1ccc(Cl)cc1. The highest BCUT2D eigenvalue weighted by Crippen LogP contribution is 2.60. The summed E-state index contributed by atoms with van der Waals surface area (Å²) in [7, 11) is 0. The van der Waals surface area contributed by atoms with Crippen molar-refractivity contribution in [2.75, 3.05) is 11.4 Å². The van der Waals surface area contributed by atoms with Crippen LogP contribution in [0.2, 0.25) is 5.02 Å². The van der Waals surface area contributed by atoms with Crippen LogP contribution in [0.3, 0.4) is 0 Å². The van der Waals surface area contributed by atoms with E-state index >= 15 is 0 Å². The number of nitrogens with zero attached hydrogens (tertiary/aromatic N) is 1. The van der Waals surface area contributed by atoms with Gasteiger partial charge in [0.25, 0.3) is 0 Å². The molecule has 0 spiro atoms. The predicted molar refractivity (Wildman–Crippen MR) is 101 cm³/mol. The van der Waals surface area contributed by atoms with Crippen molar-refractivity contribution in [2.45, 2.75) is 51.0 Å². The number of amides is 2. The van der Waals surface area contributed by atoms with E-state index in [0.29, 0.717) is 18.0 Å². The van der Waals surface area contributed by atoms with Crippen LogP contribution in [0.1, 0.15) is 44.9 Å². The highest BCUT2D eigenvalue weighted by molar-refractivity contribution is 6.30. The van der Waals surface area contributed by atoms with Crippen LogP contribution < -0.4 is 10.2 Å². The van der Waals surface area contributed by atoms with E-state index in [1.165, 1.54) is 19.3 Å². The van der Waals surface area contributed by atoms with Gasteiger partial charge < -0.3 is 10.2 Å². The van der Waals surface area contributed by atoms with Crippen LogP contribution >= 0.6 is 11.6 Å². The zero-order valence-electron chi connectivity index (χ0n) is 14.9. The van der Waals surface area contributed by atoms with Crippen molar-refractivity contribution in [1.29, 1.82) is 0 Å². The Morgan fingerprint density at radius 3 is 2.19 bits per heavy atom. The Hall–Kier alpha value is -1.55. The van der Waals surface area contributed by atoms with Crippen molar-refractivity contribution >= 4 is 29.1 Å². The lowest BCUT2D eigenvalue weighted by Crippen LogP contribution is -2.55. The number of nitrogens with one attached hydrogen (secondary N) is 1. The molecule has 6 rings (SSSR count). The third-order valence-corrected chi connectivity index (χ3v) is 7.37. The monoisotopic (exact) mass is 372 g/mol. The zero-order valence-corrected chi connectivity index (χ0v) is 15.7. The first-order valence-corrected chi connectivity index (χ1v) is 10.3. The highest BCUT2D eigenvalue weighted by Gasteiger charge is 2.55. The Labute approximate surface area is 159 Å². The summed E-state index contributed by atoms with van der Waals surface area (Å²) >= 11 is 5.94. The molecule has 1 aliphatic heterocycles. The van der Waals surface area contributed by atoms with E-state index in [-0.39, 0.29) is 23.3 Å². The van der Waals surface area contributed by atoms with E-state index in [1.54, 1.807) is 17.0 Å². The van der Waals surface area contributed by atoms with Gasteiger partial charge in [-0.3, -0.25) is 9.59 Å². The molecule has 5 fully saturated rings.